The highest BCUT2D eigenvalue weighted by Gasteiger charge is 2.20. The Morgan fingerprint density at radius 2 is 2.12 bits per heavy atom. The first kappa shape index (κ1) is 9.85. The first-order chi connectivity index (χ1) is 7.68. The summed E-state index contributed by atoms with van der Waals surface area (Å²) in [5.41, 5.74) is 8.91. The molecule has 4 heteroatoms. The van der Waals surface area contributed by atoms with E-state index in [1.54, 1.807) is 0 Å². The van der Waals surface area contributed by atoms with Gasteiger partial charge < -0.3 is 5.73 Å². The maximum atomic E-state index is 13.6. The van der Waals surface area contributed by atoms with Crippen molar-refractivity contribution in [2.24, 2.45) is 0 Å². The smallest absolute Gasteiger partial charge is 0.149 e. The minimum Gasteiger partial charge on any atom is -0.398 e. The first-order valence-corrected chi connectivity index (χ1v) is 5.61. The molecule has 2 aromatic rings. The molecule has 1 aromatic heterocycles. The van der Waals surface area contributed by atoms with E-state index in [0.29, 0.717) is 21.6 Å². The molecule has 16 heavy (non-hydrogen) atoms. The fourth-order valence-electron chi connectivity index (χ4n) is 2.33. The first-order valence-electron chi connectivity index (χ1n) is 5.23. The number of nitrogen functional groups attached to an aromatic ring is 1. The molecule has 2 N–H and O–H groups in total. The van der Waals surface area contributed by atoms with Crippen LogP contribution in [0.2, 0.25) is 5.02 Å². The molecule has 0 radical (unpaired) electrons. The van der Waals surface area contributed by atoms with Crippen molar-refractivity contribution in [3.05, 3.63) is 34.2 Å². The van der Waals surface area contributed by atoms with Gasteiger partial charge in [0.2, 0.25) is 0 Å². The van der Waals surface area contributed by atoms with Crippen LogP contribution in [0.1, 0.15) is 17.7 Å². The van der Waals surface area contributed by atoms with Crippen molar-refractivity contribution < 1.29 is 4.39 Å². The van der Waals surface area contributed by atoms with E-state index in [4.69, 9.17) is 17.3 Å². The Morgan fingerprint density at radius 1 is 1.31 bits per heavy atom. The fraction of sp³-hybridized carbons (Fsp3) is 0.250. The summed E-state index contributed by atoms with van der Waals surface area (Å²) < 4.78 is 13.6. The number of fused-ring (bicyclic) bond motifs is 2. The number of pyridine rings is 1. The Hall–Kier alpha value is -1.35. The van der Waals surface area contributed by atoms with Crippen molar-refractivity contribution in [1.29, 1.82) is 0 Å². The third-order valence-corrected chi connectivity index (χ3v) is 3.42. The van der Waals surface area contributed by atoms with Gasteiger partial charge in [0.1, 0.15) is 11.3 Å². The van der Waals surface area contributed by atoms with Gasteiger partial charge in [0.25, 0.3) is 0 Å². The lowest BCUT2D eigenvalue weighted by Crippen LogP contribution is -2.00. The molecule has 1 aliphatic rings. The predicted octanol–water partition coefficient (Wildman–Crippen LogP) is 3.10. The van der Waals surface area contributed by atoms with E-state index in [9.17, 15) is 4.39 Å². The summed E-state index contributed by atoms with van der Waals surface area (Å²) in [6, 6.07) is 2.86. The standard InChI is InChI=1S/C12H10ClFN2/c13-7-4-5-8(14)12-10(7)11(15)6-2-1-3-9(6)16-12/h4-5H,1-3H2,(H2,15,16). The zero-order valence-corrected chi connectivity index (χ0v) is 9.31. The lowest BCUT2D eigenvalue weighted by Gasteiger charge is -2.09. The molecule has 0 fully saturated rings. The number of hydrogen-bond acceptors (Lipinski definition) is 2. The second-order valence-electron chi connectivity index (χ2n) is 4.06. The highest BCUT2D eigenvalue weighted by atomic mass is 35.5. The molecule has 0 bridgehead atoms. The number of nitrogens with zero attached hydrogens (tertiary/aromatic N) is 1. The van der Waals surface area contributed by atoms with E-state index in [1.165, 1.54) is 12.1 Å². The van der Waals surface area contributed by atoms with Crippen LogP contribution in [0.15, 0.2) is 12.1 Å². The van der Waals surface area contributed by atoms with Gasteiger partial charge in [-0.1, -0.05) is 11.6 Å². The average molecular weight is 237 g/mol. The van der Waals surface area contributed by atoms with E-state index in [0.717, 1.165) is 30.5 Å². The average Bonchev–Trinajstić information content (AvgIpc) is 2.72. The molecule has 0 atom stereocenters. The van der Waals surface area contributed by atoms with Crippen LogP contribution < -0.4 is 5.73 Å². The van der Waals surface area contributed by atoms with Gasteiger partial charge >= 0.3 is 0 Å². The van der Waals surface area contributed by atoms with Crippen molar-refractivity contribution >= 4 is 28.2 Å². The van der Waals surface area contributed by atoms with Crippen molar-refractivity contribution in [2.75, 3.05) is 5.73 Å². The van der Waals surface area contributed by atoms with Crippen LogP contribution in [0.4, 0.5) is 10.1 Å². The summed E-state index contributed by atoms with van der Waals surface area (Å²) in [6.07, 6.45) is 2.82. The van der Waals surface area contributed by atoms with Gasteiger partial charge in [0.15, 0.2) is 0 Å². The third-order valence-electron chi connectivity index (χ3n) is 3.11. The van der Waals surface area contributed by atoms with Gasteiger partial charge in [0.05, 0.1) is 5.02 Å². The van der Waals surface area contributed by atoms with Gasteiger partial charge in [-0.05, 0) is 37.0 Å². The Morgan fingerprint density at radius 3 is 2.94 bits per heavy atom. The Bertz CT molecular complexity index is 595. The molecule has 0 unspecified atom stereocenters. The molecule has 1 heterocycles. The topological polar surface area (TPSA) is 38.9 Å². The quantitative estimate of drug-likeness (QED) is 0.763. The Balaban J connectivity index is 2.50. The Labute approximate surface area is 97.2 Å². The molecule has 0 aliphatic heterocycles. The zero-order chi connectivity index (χ0) is 11.3. The molecule has 82 valence electrons. The number of aryl methyl sites for hydroxylation is 1. The number of halogens is 2. The lowest BCUT2D eigenvalue weighted by atomic mass is 10.1. The summed E-state index contributed by atoms with van der Waals surface area (Å²) in [7, 11) is 0. The van der Waals surface area contributed by atoms with Crippen molar-refractivity contribution in [3.63, 3.8) is 0 Å². The number of aromatic nitrogens is 1. The SMILES string of the molecule is Nc1c2c(nc3c(F)ccc(Cl)c13)CCC2. The second kappa shape index (κ2) is 3.32. The molecule has 1 aliphatic carbocycles. The zero-order valence-electron chi connectivity index (χ0n) is 8.56. The summed E-state index contributed by atoms with van der Waals surface area (Å²) in [5, 5.41) is 1.03. The number of nitrogens with two attached hydrogens (primary N) is 1. The molecule has 0 amide bonds. The van der Waals surface area contributed by atoms with E-state index in [1.807, 2.05) is 0 Å². The van der Waals surface area contributed by atoms with Crippen molar-refractivity contribution in [2.45, 2.75) is 19.3 Å². The number of rotatable bonds is 0. The second-order valence-corrected chi connectivity index (χ2v) is 4.46. The highest BCUT2D eigenvalue weighted by molar-refractivity contribution is 6.36. The van der Waals surface area contributed by atoms with Gasteiger partial charge in [-0.15, -0.1) is 0 Å². The normalized spacial score (nSPS) is 14.4. The highest BCUT2D eigenvalue weighted by Crippen LogP contribution is 2.36. The van der Waals surface area contributed by atoms with Crippen LogP contribution >= 0.6 is 11.6 Å². The number of anilines is 1. The minimum absolute atomic E-state index is 0.297. The minimum atomic E-state index is -0.360. The van der Waals surface area contributed by atoms with Crippen LogP contribution in [0.3, 0.4) is 0 Å². The summed E-state index contributed by atoms with van der Waals surface area (Å²) in [4.78, 5) is 4.34. The molecule has 1 aromatic carbocycles. The van der Waals surface area contributed by atoms with E-state index in [2.05, 4.69) is 4.98 Å². The van der Waals surface area contributed by atoms with E-state index < -0.39 is 0 Å². The van der Waals surface area contributed by atoms with Crippen LogP contribution in [0, 0.1) is 5.82 Å². The van der Waals surface area contributed by atoms with Crippen LogP contribution in [0.5, 0.6) is 0 Å². The predicted molar refractivity (Wildman–Crippen MR) is 63.1 cm³/mol. The fourth-order valence-corrected chi connectivity index (χ4v) is 2.59. The molecular formula is C12H10ClFN2. The summed E-state index contributed by atoms with van der Waals surface area (Å²) in [6.45, 7) is 0. The van der Waals surface area contributed by atoms with Crippen LogP contribution in [0.25, 0.3) is 10.9 Å². The summed E-state index contributed by atoms with van der Waals surface area (Å²) in [5.74, 6) is -0.360. The van der Waals surface area contributed by atoms with Crippen molar-refractivity contribution in [1.82, 2.24) is 4.98 Å². The van der Waals surface area contributed by atoms with E-state index in [-0.39, 0.29) is 5.82 Å². The maximum absolute atomic E-state index is 13.6. The van der Waals surface area contributed by atoms with Crippen LogP contribution in [-0.4, -0.2) is 4.98 Å². The van der Waals surface area contributed by atoms with Crippen molar-refractivity contribution in [3.8, 4) is 0 Å². The molecule has 3 rings (SSSR count). The lowest BCUT2D eigenvalue weighted by molar-refractivity contribution is 0.636. The van der Waals surface area contributed by atoms with Crippen LogP contribution in [-0.2, 0) is 12.8 Å². The monoisotopic (exact) mass is 236 g/mol. The molecule has 0 saturated carbocycles. The largest absolute Gasteiger partial charge is 0.398 e. The third kappa shape index (κ3) is 1.21. The van der Waals surface area contributed by atoms with Gasteiger partial charge in [-0.3, -0.25) is 0 Å². The van der Waals surface area contributed by atoms with Gasteiger partial charge in [0, 0.05) is 16.8 Å². The maximum Gasteiger partial charge on any atom is 0.149 e. The number of hydrogen-bond donors (Lipinski definition) is 1. The molecular weight excluding hydrogens is 227 g/mol. The van der Waals surface area contributed by atoms with Gasteiger partial charge in [-0.2, -0.15) is 0 Å². The van der Waals surface area contributed by atoms with E-state index >= 15 is 0 Å². The number of benzene rings is 1. The van der Waals surface area contributed by atoms with Gasteiger partial charge in [-0.25, -0.2) is 9.37 Å². The Kier molecular flexibility index (Phi) is 2.04. The molecule has 0 saturated heterocycles. The molecule has 0 spiro atoms. The molecule has 2 nitrogen and oxygen atoms in total. The summed E-state index contributed by atoms with van der Waals surface area (Å²) >= 11 is 6.05.